The summed E-state index contributed by atoms with van der Waals surface area (Å²) in [5, 5.41) is 2.35. The first-order valence-corrected chi connectivity index (χ1v) is 5.73. The maximum Gasteiger partial charge on any atom is 0.316 e. The summed E-state index contributed by atoms with van der Waals surface area (Å²) >= 11 is 4.61. The number of nitrogens with one attached hydrogen (secondary N) is 1. The fraction of sp³-hybridized carbons (Fsp3) is 0.250. The lowest BCUT2D eigenvalue weighted by Crippen LogP contribution is -2.43. The van der Waals surface area contributed by atoms with Gasteiger partial charge in [0.2, 0.25) is 0 Å². The molecule has 0 atom stereocenters. The van der Waals surface area contributed by atoms with E-state index in [9.17, 15) is 9.59 Å². The highest BCUT2D eigenvalue weighted by Crippen LogP contribution is 2.13. The molecule has 0 unspecified atom stereocenters. The third kappa shape index (κ3) is 3.81. The molecule has 0 saturated carbocycles. The van der Waals surface area contributed by atoms with Crippen molar-refractivity contribution < 1.29 is 9.59 Å². The third-order valence-electron chi connectivity index (χ3n) is 2.34. The highest BCUT2D eigenvalue weighted by Gasteiger charge is 2.19. The zero-order valence-electron chi connectivity index (χ0n) is 10.3. The molecule has 0 radical (unpaired) electrons. The van der Waals surface area contributed by atoms with Gasteiger partial charge in [-0.05, 0) is 19.1 Å². The molecule has 0 aromatic heterocycles. The molecule has 0 aliphatic rings. The Morgan fingerprint density at radius 1 is 1.33 bits per heavy atom. The van der Waals surface area contributed by atoms with E-state index in [0.29, 0.717) is 5.69 Å². The Kier molecular flexibility index (Phi) is 4.79. The molecule has 0 heterocycles. The zero-order valence-corrected chi connectivity index (χ0v) is 11.1. The van der Waals surface area contributed by atoms with Crippen molar-refractivity contribution in [2.75, 3.05) is 18.5 Å². The summed E-state index contributed by atoms with van der Waals surface area (Å²) in [6, 6.07) is 7.28. The van der Waals surface area contributed by atoms with Gasteiger partial charge in [-0.2, -0.15) is 0 Å². The predicted octanol–water partition coefficient (Wildman–Crippen LogP) is 0.360. The van der Waals surface area contributed by atoms with Crippen molar-refractivity contribution in [3.05, 3.63) is 29.8 Å². The van der Waals surface area contributed by atoms with Crippen molar-refractivity contribution in [3.8, 4) is 0 Å². The number of hydrogen-bond donors (Lipinski definition) is 2. The van der Waals surface area contributed by atoms with Crippen LogP contribution >= 0.6 is 12.2 Å². The number of amides is 2. The standard InChI is InChI=1S/C12H15N3O2S/c1-8-3-5-9(6-4-8)15(2)12(17)11(16)14-7-10(13)18/h3-6H,7H2,1-2H3,(H2,13,18)(H,14,16). The van der Waals surface area contributed by atoms with E-state index in [1.807, 2.05) is 19.1 Å². The molecular formula is C12H15N3O2S. The number of rotatable bonds is 3. The summed E-state index contributed by atoms with van der Waals surface area (Å²) in [5.41, 5.74) is 6.97. The average molecular weight is 265 g/mol. The molecule has 1 aromatic rings. The molecular weight excluding hydrogens is 250 g/mol. The Labute approximate surface area is 111 Å². The first kappa shape index (κ1) is 14.1. The molecule has 2 amide bonds. The van der Waals surface area contributed by atoms with Crippen LogP contribution in [0.5, 0.6) is 0 Å². The second-order valence-electron chi connectivity index (χ2n) is 3.85. The quantitative estimate of drug-likeness (QED) is 0.611. The zero-order chi connectivity index (χ0) is 13.7. The lowest BCUT2D eigenvalue weighted by Gasteiger charge is -2.16. The van der Waals surface area contributed by atoms with E-state index in [4.69, 9.17) is 5.73 Å². The van der Waals surface area contributed by atoms with Gasteiger partial charge in [0.05, 0.1) is 11.5 Å². The van der Waals surface area contributed by atoms with Gasteiger partial charge in [0.25, 0.3) is 0 Å². The van der Waals surface area contributed by atoms with Gasteiger partial charge in [0.1, 0.15) is 0 Å². The second kappa shape index (κ2) is 6.11. The van der Waals surface area contributed by atoms with Crippen LogP contribution in [-0.2, 0) is 9.59 Å². The van der Waals surface area contributed by atoms with Gasteiger partial charge in [-0.1, -0.05) is 29.9 Å². The van der Waals surface area contributed by atoms with Crippen molar-refractivity contribution in [2.24, 2.45) is 5.73 Å². The number of nitrogens with two attached hydrogens (primary N) is 1. The predicted molar refractivity (Wildman–Crippen MR) is 74.4 cm³/mol. The third-order valence-corrected chi connectivity index (χ3v) is 2.49. The average Bonchev–Trinajstić information content (AvgIpc) is 2.35. The van der Waals surface area contributed by atoms with Crippen molar-refractivity contribution in [1.82, 2.24) is 5.32 Å². The second-order valence-corrected chi connectivity index (χ2v) is 4.37. The van der Waals surface area contributed by atoms with Crippen LogP contribution < -0.4 is 16.0 Å². The van der Waals surface area contributed by atoms with Gasteiger partial charge in [-0.15, -0.1) is 0 Å². The van der Waals surface area contributed by atoms with Gasteiger partial charge >= 0.3 is 11.8 Å². The Bertz CT molecular complexity index is 471. The number of thiocarbonyl (C=S) groups is 1. The highest BCUT2D eigenvalue weighted by atomic mass is 32.1. The number of hydrogen-bond acceptors (Lipinski definition) is 3. The number of carbonyl (C=O) groups is 2. The SMILES string of the molecule is Cc1ccc(N(C)C(=O)C(=O)NCC(N)=S)cc1. The number of carbonyl (C=O) groups excluding carboxylic acids is 2. The summed E-state index contributed by atoms with van der Waals surface area (Å²) in [4.78, 5) is 24.7. The van der Waals surface area contributed by atoms with Crippen molar-refractivity contribution in [2.45, 2.75) is 6.92 Å². The molecule has 1 aromatic carbocycles. The Balaban J connectivity index is 2.68. The highest BCUT2D eigenvalue weighted by molar-refractivity contribution is 7.80. The maximum absolute atomic E-state index is 11.8. The van der Waals surface area contributed by atoms with E-state index in [0.717, 1.165) is 5.56 Å². The number of benzene rings is 1. The number of anilines is 1. The molecule has 96 valence electrons. The van der Waals surface area contributed by atoms with Crippen LogP contribution in [0.15, 0.2) is 24.3 Å². The fourth-order valence-corrected chi connectivity index (χ4v) is 1.35. The van der Waals surface area contributed by atoms with Crippen molar-refractivity contribution in [3.63, 3.8) is 0 Å². The van der Waals surface area contributed by atoms with Crippen LogP contribution in [0.3, 0.4) is 0 Å². The molecule has 0 fully saturated rings. The summed E-state index contributed by atoms with van der Waals surface area (Å²) in [6.07, 6.45) is 0. The Morgan fingerprint density at radius 3 is 2.39 bits per heavy atom. The minimum absolute atomic E-state index is 0.0155. The molecule has 5 nitrogen and oxygen atoms in total. The summed E-state index contributed by atoms with van der Waals surface area (Å²) < 4.78 is 0. The molecule has 1 rings (SSSR count). The Hall–Kier alpha value is -1.95. The molecule has 0 saturated heterocycles. The van der Waals surface area contributed by atoms with Crippen LogP contribution in [0.25, 0.3) is 0 Å². The fourth-order valence-electron chi connectivity index (χ4n) is 1.28. The van der Waals surface area contributed by atoms with Gasteiger partial charge < -0.3 is 16.0 Å². The van der Waals surface area contributed by atoms with Gasteiger partial charge in [0, 0.05) is 12.7 Å². The molecule has 0 bridgehead atoms. The van der Waals surface area contributed by atoms with Gasteiger partial charge in [0.15, 0.2) is 0 Å². The van der Waals surface area contributed by atoms with E-state index >= 15 is 0 Å². The summed E-state index contributed by atoms with van der Waals surface area (Å²) in [6.45, 7) is 1.96. The molecule has 0 aliphatic heterocycles. The van der Waals surface area contributed by atoms with Crippen molar-refractivity contribution >= 4 is 34.7 Å². The number of aryl methyl sites for hydroxylation is 1. The topological polar surface area (TPSA) is 75.4 Å². The normalized spacial score (nSPS) is 9.67. The van der Waals surface area contributed by atoms with Crippen LogP contribution in [0.1, 0.15) is 5.56 Å². The monoisotopic (exact) mass is 265 g/mol. The van der Waals surface area contributed by atoms with Crippen LogP contribution in [0.2, 0.25) is 0 Å². The lowest BCUT2D eigenvalue weighted by atomic mass is 10.2. The summed E-state index contributed by atoms with van der Waals surface area (Å²) in [7, 11) is 1.54. The van der Waals surface area contributed by atoms with E-state index in [1.54, 1.807) is 12.1 Å². The van der Waals surface area contributed by atoms with E-state index in [-0.39, 0.29) is 11.5 Å². The smallest absolute Gasteiger partial charge is 0.316 e. The lowest BCUT2D eigenvalue weighted by molar-refractivity contribution is -0.137. The molecule has 0 spiro atoms. The van der Waals surface area contributed by atoms with E-state index < -0.39 is 11.8 Å². The van der Waals surface area contributed by atoms with E-state index in [2.05, 4.69) is 17.5 Å². The minimum Gasteiger partial charge on any atom is -0.392 e. The molecule has 0 aliphatic carbocycles. The van der Waals surface area contributed by atoms with Crippen LogP contribution in [0.4, 0.5) is 5.69 Å². The molecule has 3 N–H and O–H groups in total. The van der Waals surface area contributed by atoms with Crippen molar-refractivity contribution in [1.29, 1.82) is 0 Å². The van der Waals surface area contributed by atoms with Crippen LogP contribution in [-0.4, -0.2) is 30.4 Å². The minimum atomic E-state index is -0.731. The van der Waals surface area contributed by atoms with Gasteiger partial charge in [-0.25, -0.2) is 0 Å². The van der Waals surface area contributed by atoms with E-state index in [1.165, 1.54) is 11.9 Å². The molecule has 6 heteroatoms. The maximum atomic E-state index is 11.8. The largest absolute Gasteiger partial charge is 0.392 e. The number of likely N-dealkylation sites (N-methyl/N-ethyl adjacent to an activating group) is 1. The number of nitrogens with zero attached hydrogens (tertiary/aromatic N) is 1. The molecule has 18 heavy (non-hydrogen) atoms. The first-order valence-electron chi connectivity index (χ1n) is 5.32. The summed E-state index contributed by atoms with van der Waals surface area (Å²) in [5.74, 6) is -1.39. The van der Waals surface area contributed by atoms with Crippen LogP contribution in [0, 0.1) is 6.92 Å². The van der Waals surface area contributed by atoms with Gasteiger partial charge in [-0.3, -0.25) is 9.59 Å². The Morgan fingerprint density at radius 2 is 1.89 bits per heavy atom. The first-order chi connectivity index (χ1) is 8.41.